The van der Waals surface area contributed by atoms with Crippen LogP contribution in [0.15, 0.2) is 36.4 Å². The first kappa shape index (κ1) is 25.5. The van der Waals surface area contributed by atoms with Crippen LogP contribution in [0.25, 0.3) is 0 Å². The molecule has 0 amide bonds. The summed E-state index contributed by atoms with van der Waals surface area (Å²) in [6, 6.07) is 11.8. The maximum atomic E-state index is 12.7. The van der Waals surface area contributed by atoms with E-state index >= 15 is 0 Å². The fraction of sp³-hybridized carbons (Fsp3) is 0.556. The second-order valence-electron chi connectivity index (χ2n) is 11.1. The number of aryl methyl sites for hydroxylation is 2. The number of hydrogen-bond acceptors (Lipinski definition) is 4. The third-order valence-electron chi connectivity index (χ3n) is 6.42. The molecule has 0 bridgehead atoms. The number of aliphatic hydroxyl groups is 4. The summed E-state index contributed by atoms with van der Waals surface area (Å²) in [5.41, 5.74) is 0.889. The smallest absolute Gasteiger partial charge is 0.127 e. The number of hydrogen-bond donors (Lipinski definition) is 4. The van der Waals surface area contributed by atoms with Gasteiger partial charge in [0.15, 0.2) is 0 Å². The molecule has 4 heteroatoms. The van der Waals surface area contributed by atoms with Gasteiger partial charge in [0.05, 0.1) is 25.2 Å². The maximum absolute atomic E-state index is 12.7. The van der Waals surface area contributed by atoms with Crippen LogP contribution >= 0.6 is 0 Å². The zero-order valence-electron chi connectivity index (χ0n) is 20.4. The summed E-state index contributed by atoms with van der Waals surface area (Å²) in [5, 5.41) is 44.2. The van der Waals surface area contributed by atoms with Crippen LogP contribution in [0, 0.1) is 19.3 Å². The Labute approximate surface area is 187 Å². The minimum Gasteiger partial charge on any atom is -0.395 e. The van der Waals surface area contributed by atoms with E-state index in [9.17, 15) is 20.4 Å². The molecule has 0 saturated heterocycles. The fourth-order valence-electron chi connectivity index (χ4n) is 4.43. The highest BCUT2D eigenvalue weighted by Gasteiger charge is 2.55. The Morgan fingerprint density at radius 3 is 1.16 bits per heavy atom. The van der Waals surface area contributed by atoms with Crippen LogP contribution < -0.4 is 0 Å². The summed E-state index contributed by atoms with van der Waals surface area (Å²) in [6.45, 7) is 14.6. The van der Waals surface area contributed by atoms with Crippen molar-refractivity contribution in [1.82, 2.24) is 0 Å². The van der Waals surface area contributed by atoms with Gasteiger partial charge in [-0.05, 0) is 46.9 Å². The molecule has 0 aliphatic heterocycles. The Bertz CT molecular complexity index is 840. The fourth-order valence-corrected chi connectivity index (χ4v) is 4.43. The predicted octanol–water partition coefficient (Wildman–Crippen LogP) is 4.10. The highest BCUT2D eigenvalue weighted by atomic mass is 16.3. The molecule has 4 N–H and O–H groups in total. The highest BCUT2D eigenvalue weighted by Crippen LogP contribution is 2.50. The molecular weight excluding hydrogens is 388 g/mol. The van der Waals surface area contributed by atoms with Crippen LogP contribution in [0.5, 0.6) is 0 Å². The molecule has 0 aliphatic carbocycles. The van der Waals surface area contributed by atoms with Crippen molar-refractivity contribution in [2.75, 3.05) is 19.8 Å². The van der Waals surface area contributed by atoms with Crippen LogP contribution in [0.1, 0.15) is 74.9 Å². The highest BCUT2D eigenvalue weighted by molar-refractivity contribution is 5.52. The lowest BCUT2D eigenvalue weighted by Gasteiger charge is -2.48. The van der Waals surface area contributed by atoms with Gasteiger partial charge in [0.2, 0.25) is 0 Å². The van der Waals surface area contributed by atoms with Gasteiger partial charge >= 0.3 is 0 Å². The van der Waals surface area contributed by atoms with Gasteiger partial charge in [-0.15, -0.1) is 0 Å². The Morgan fingerprint density at radius 1 is 0.581 bits per heavy atom. The van der Waals surface area contributed by atoms with E-state index in [0.717, 1.165) is 22.3 Å². The minimum absolute atomic E-state index is 0.311. The molecule has 0 radical (unpaired) electrons. The molecule has 31 heavy (non-hydrogen) atoms. The van der Waals surface area contributed by atoms with Gasteiger partial charge in [0.25, 0.3) is 0 Å². The molecule has 0 spiro atoms. The molecule has 0 heterocycles. The van der Waals surface area contributed by atoms with Crippen molar-refractivity contribution in [3.05, 3.63) is 69.8 Å². The van der Waals surface area contributed by atoms with E-state index in [2.05, 4.69) is 41.5 Å². The third kappa shape index (κ3) is 4.45. The van der Waals surface area contributed by atoms with Crippen LogP contribution in [-0.2, 0) is 16.4 Å². The average molecular weight is 429 g/mol. The zero-order valence-corrected chi connectivity index (χ0v) is 20.4. The zero-order chi connectivity index (χ0) is 23.8. The number of rotatable bonds is 6. The first-order valence-corrected chi connectivity index (χ1v) is 11.0. The second-order valence-corrected chi connectivity index (χ2v) is 11.1. The molecule has 2 rings (SSSR count). The lowest BCUT2D eigenvalue weighted by atomic mass is 9.60. The van der Waals surface area contributed by atoms with Crippen LogP contribution in [0.4, 0.5) is 0 Å². The van der Waals surface area contributed by atoms with Crippen LogP contribution in [-0.4, -0.2) is 40.2 Å². The molecule has 0 unspecified atom stereocenters. The van der Waals surface area contributed by atoms with Crippen molar-refractivity contribution in [2.45, 2.75) is 71.8 Å². The summed E-state index contributed by atoms with van der Waals surface area (Å²) in [4.78, 5) is 0. The molecule has 0 atom stereocenters. The first-order chi connectivity index (χ1) is 14.2. The van der Waals surface area contributed by atoms with Crippen molar-refractivity contribution < 1.29 is 20.4 Å². The van der Waals surface area contributed by atoms with Gasteiger partial charge in [-0.1, -0.05) is 89.1 Å². The first-order valence-electron chi connectivity index (χ1n) is 11.0. The van der Waals surface area contributed by atoms with Gasteiger partial charge in [-0.2, -0.15) is 0 Å². The quantitative estimate of drug-likeness (QED) is 0.558. The van der Waals surface area contributed by atoms with E-state index in [0.29, 0.717) is 11.1 Å². The van der Waals surface area contributed by atoms with Crippen molar-refractivity contribution in [3.63, 3.8) is 0 Å². The normalized spacial score (nSPS) is 13.5. The van der Waals surface area contributed by atoms with E-state index in [1.165, 1.54) is 0 Å². The molecule has 2 aromatic rings. The standard InChI is InChI=1S/C27H40O4/c1-18-9-11-20(24(3,4)5)22(13-18)27(31,26(15-28,16-29)17-30)23-14-19(2)10-12-21(23)25(6,7)8/h9-14,28-31H,15-17H2,1-8H3. The van der Waals surface area contributed by atoms with E-state index < -0.39 is 30.8 Å². The molecule has 172 valence electrons. The second kappa shape index (κ2) is 8.67. The lowest BCUT2D eigenvalue weighted by molar-refractivity contribution is -0.137. The van der Waals surface area contributed by atoms with E-state index in [4.69, 9.17) is 0 Å². The van der Waals surface area contributed by atoms with E-state index in [-0.39, 0.29) is 10.8 Å². The van der Waals surface area contributed by atoms with Crippen LogP contribution in [0.3, 0.4) is 0 Å². The van der Waals surface area contributed by atoms with Crippen molar-refractivity contribution >= 4 is 0 Å². The summed E-state index contributed by atoms with van der Waals surface area (Å²) >= 11 is 0. The van der Waals surface area contributed by atoms with E-state index in [1.54, 1.807) is 0 Å². The monoisotopic (exact) mass is 428 g/mol. The van der Waals surface area contributed by atoms with Crippen molar-refractivity contribution in [1.29, 1.82) is 0 Å². The molecule has 0 aromatic heterocycles. The van der Waals surface area contributed by atoms with Crippen molar-refractivity contribution in [2.24, 2.45) is 5.41 Å². The Morgan fingerprint density at radius 2 is 0.903 bits per heavy atom. The molecule has 4 nitrogen and oxygen atoms in total. The largest absolute Gasteiger partial charge is 0.395 e. The topological polar surface area (TPSA) is 80.9 Å². The molecule has 0 fully saturated rings. The SMILES string of the molecule is Cc1ccc(C(C)(C)C)c(C(O)(c2cc(C)ccc2C(C)(C)C)C(CO)(CO)CO)c1. The van der Waals surface area contributed by atoms with Gasteiger partial charge in [-0.3, -0.25) is 0 Å². The van der Waals surface area contributed by atoms with Gasteiger partial charge in [-0.25, -0.2) is 0 Å². The number of aliphatic hydroxyl groups excluding tert-OH is 3. The van der Waals surface area contributed by atoms with E-state index in [1.807, 2.05) is 50.2 Å². The minimum atomic E-state index is -1.82. The summed E-state index contributed by atoms with van der Waals surface area (Å²) in [5.74, 6) is 0. The Hall–Kier alpha value is -1.72. The summed E-state index contributed by atoms with van der Waals surface area (Å²) < 4.78 is 0. The van der Waals surface area contributed by atoms with Gasteiger partial charge in [0, 0.05) is 0 Å². The predicted molar refractivity (Wildman–Crippen MR) is 126 cm³/mol. The summed E-state index contributed by atoms with van der Waals surface area (Å²) in [6.07, 6.45) is 0. The Balaban J connectivity index is 3.15. The average Bonchev–Trinajstić information content (AvgIpc) is 2.67. The van der Waals surface area contributed by atoms with Crippen molar-refractivity contribution in [3.8, 4) is 0 Å². The molecule has 0 saturated carbocycles. The molecule has 2 aromatic carbocycles. The van der Waals surface area contributed by atoms with Crippen LogP contribution in [0.2, 0.25) is 0 Å². The van der Waals surface area contributed by atoms with Gasteiger partial charge in [0.1, 0.15) is 5.60 Å². The maximum Gasteiger partial charge on any atom is 0.127 e. The summed E-state index contributed by atoms with van der Waals surface area (Å²) in [7, 11) is 0. The van der Waals surface area contributed by atoms with Gasteiger partial charge < -0.3 is 20.4 Å². The Kier molecular flexibility index (Phi) is 7.14. The lowest BCUT2D eigenvalue weighted by Crippen LogP contribution is -2.55. The molecular formula is C27H40O4. The third-order valence-corrected chi connectivity index (χ3v) is 6.42. The number of benzene rings is 2. The molecule has 0 aliphatic rings.